The van der Waals surface area contributed by atoms with Gasteiger partial charge in [-0.3, -0.25) is 9.59 Å². The normalized spacial score (nSPS) is 23.0. The second-order valence-corrected chi connectivity index (χ2v) is 8.52. The van der Waals surface area contributed by atoms with E-state index in [2.05, 4.69) is 10.6 Å². The molecule has 2 heterocycles. The summed E-state index contributed by atoms with van der Waals surface area (Å²) in [6.07, 6.45) is -3.17. The van der Waals surface area contributed by atoms with E-state index >= 15 is 0 Å². The Kier molecular flexibility index (Phi) is 6.60. The number of nitrogens with one attached hydrogen (secondary N) is 2. The fourth-order valence-corrected chi connectivity index (χ4v) is 4.52. The van der Waals surface area contributed by atoms with Crippen molar-refractivity contribution >= 4 is 23.2 Å². The molecule has 2 aliphatic heterocycles. The summed E-state index contributed by atoms with van der Waals surface area (Å²) < 4.78 is 41.0. The number of carbonyl (C=O) groups is 2. The Morgan fingerprint density at radius 3 is 2.48 bits per heavy atom. The van der Waals surface area contributed by atoms with Gasteiger partial charge in [-0.1, -0.05) is 30.3 Å². The van der Waals surface area contributed by atoms with E-state index in [-0.39, 0.29) is 11.4 Å². The molecule has 0 aliphatic carbocycles. The summed E-state index contributed by atoms with van der Waals surface area (Å²) in [6, 6.07) is 12.5. The lowest BCUT2D eigenvalue weighted by atomic mass is 9.96. The standard InChI is InChI=1S/C24H26F3N3O3/c25-24(26,27)17-14-16(9-11-19(17)30-12-4-5-13-30)28-22(32)20-21(31)18(29-23(20)33)10-8-15-6-2-1-3-7-15/h1-3,6-7,9,11,14,18,20-21,31H,4-5,8,10,12-13H2,(H,28,32)(H,29,33). The molecule has 2 aliphatic rings. The van der Waals surface area contributed by atoms with Gasteiger partial charge in [0.25, 0.3) is 0 Å². The van der Waals surface area contributed by atoms with Crippen LogP contribution in [-0.2, 0) is 22.2 Å². The third-order valence-corrected chi connectivity index (χ3v) is 6.25. The van der Waals surface area contributed by atoms with Crippen molar-refractivity contribution in [3.63, 3.8) is 0 Å². The summed E-state index contributed by atoms with van der Waals surface area (Å²) in [7, 11) is 0. The van der Waals surface area contributed by atoms with Crippen molar-refractivity contribution < 1.29 is 27.9 Å². The molecule has 0 radical (unpaired) electrons. The number of hydrogen-bond donors (Lipinski definition) is 3. The minimum Gasteiger partial charge on any atom is -0.390 e. The van der Waals surface area contributed by atoms with Gasteiger partial charge in [0.15, 0.2) is 0 Å². The molecule has 4 rings (SSSR count). The van der Waals surface area contributed by atoms with Crippen molar-refractivity contribution in [2.75, 3.05) is 23.3 Å². The molecule has 6 nitrogen and oxygen atoms in total. The fraction of sp³-hybridized carbons (Fsp3) is 0.417. The number of rotatable bonds is 6. The second-order valence-electron chi connectivity index (χ2n) is 8.52. The molecule has 3 unspecified atom stereocenters. The molecule has 3 N–H and O–H groups in total. The van der Waals surface area contributed by atoms with E-state index in [0.29, 0.717) is 25.9 Å². The molecule has 0 bridgehead atoms. The van der Waals surface area contributed by atoms with Gasteiger partial charge in [-0.15, -0.1) is 0 Å². The zero-order valence-electron chi connectivity index (χ0n) is 17.9. The summed E-state index contributed by atoms with van der Waals surface area (Å²) in [5, 5.41) is 15.6. The summed E-state index contributed by atoms with van der Waals surface area (Å²) >= 11 is 0. The van der Waals surface area contributed by atoms with Gasteiger partial charge in [-0.2, -0.15) is 13.2 Å². The molecule has 2 aromatic rings. The van der Waals surface area contributed by atoms with Crippen LogP contribution in [0.15, 0.2) is 48.5 Å². The Hall–Kier alpha value is -3.07. The van der Waals surface area contributed by atoms with Crippen LogP contribution in [-0.4, -0.2) is 42.2 Å². The number of aryl methyl sites for hydroxylation is 1. The monoisotopic (exact) mass is 461 g/mol. The summed E-state index contributed by atoms with van der Waals surface area (Å²) in [5.41, 5.74) is 0.213. The van der Waals surface area contributed by atoms with Crippen molar-refractivity contribution in [1.82, 2.24) is 5.32 Å². The first kappa shape index (κ1) is 23.1. The molecule has 2 saturated heterocycles. The molecule has 3 atom stereocenters. The topological polar surface area (TPSA) is 81.7 Å². The van der Waals surface area contributed by atoms with Crippen molar-refractivity contribution in [1.29, 1.82) is 0 Å². The average molecular weight is 461 g/mol. The molecular formula is C24H26F3N3O3. The van der Waals surface area contributed by atoms with Gasteiger partial charge < -0.3 is 20.6 Å². The minimum absolute atomic E-state index is 0.0667. The van der Waals surface area contributed by atoms with Gasteiger partial charge in [0.2, 0.25) is 11.8 Å². The maximum Gasteiger partial charge on any atom is 0.418 e. The quantitative estimate of drug-likeness (QED) is 0.577. The Morgan fingerprint density at radius 2 is 1.82 bits per heavy atom. The van der Waals surface area contributed by atoms with Gasteiger partial charge >= 0.3 is 6.18 Å². The lowest BCUT2D eigenvalue weighted by molar-refractivity contribution is -0.137. The third kappa shape index (κ3) is 5.13. The average Bonchev–Trinajstić information content (AvgIpc) is 3.40. The summed E-state index contributed by atoms with van der Waals surface area (Å²) in [6.45, 7) is 1.10. The van der Waals surface area contributed by atoms with Gasteiger partial charge in [0.05, 0.1) is 17.7 Å². The van der Waals surface area contributed by atoms with E-state index < -0.39 is 41.6 Å². The maximum absolute atomic E-state index is 13.7. The van der Waals surface area contributed by atoms with E-state index in [9.17, 15) is 27.9 Å². The van der Waals surface area contributed by atoms with E-state index in [1.165, 1.54) is 12.1 Å². The van der Waals surface area contributed by atoms with E-state index in [4.69, 9.17) is 0 Å². The number of anilines is 2. The summed E-state index contributed by atoms with van der Waals surface area (Å²) in [4.78, 5) is 26.8. The van der Waals surface area contributed by atoms with Crippen molar-refractivity contribution in [3.05, 3.63) is 59.7 Å². The first-order valence-corrected chi connectivity index (χ1v) is 11.0. The minimum atomic E-state index is -4.59. The Morgan fingerprint density at radius 1 is 1.12 bits per heavy atom. The SMILES string of the molecule is O=C(Nc1ccc(N2CCCC2)c(C(F)(F)F)c1)C1C(=O)NC(CCc2ccccc2)C1O. The van der Waals surface area contributed by atoms with E-state index in [1.54, 1.807) is 4.90 Å². The molecule has 9 heteroatoms. The molecule has 33 heavy (non-hydrogen) atoms. The first-order chi connectivity index (χ1) is 15.7. The highest BCUT2D eigenvalue weighted by Gasteiger charge is 2.45. The van der Waals surface area contributed by atoms with E-state index in [1.807, 2.05) is 30.3 Å². The van der Waals surface area contributed by atoms with Crippen molar-refractivity contribution in [2.45, 2.75) is 44.0 Å². The van der Waals surface area contributed by atoms with Crippen LogP contribution in [0, 0.1) is 5.92 Å². The number of hydrogen-bond acceptors (Lipinski definition) is 4. The van der Waals surface area contributed by atoms with Crippen LogP contribution in [0.4, 0.5) is 24.5 Å². The lowest BCUT2D eigenvalue weighted by Crippen LogP contribution is -2.36. The van der Waals surface area contributed by atoms with Crippen LogP contribution in [0.5, 0.6) is 0 Å². The van der Waals surface area contributed by atoms with Crippen LogP contribution in [0.3, 0.4) is 0 Å². The molecule has 2 fully saturated rings. The lowest BCUT2D eigenvalue weighted by Gasteiger charge is -2.23. The highest BCUT2D eigenvalue weighted by molar-refractivity contribution is 6.08. The largest absolute Gasteiger partial charge is 0.418 e. The number of carbonyl (C=O) groups excluding carboxylic acids is 2. The zero-order chi connectivity index (χ0) is 23.6. The van der Waals surface area contributed by atoms with Crippen molar-refractivity contribution in [3.8, 4) is 0 Å². The Labute approximate surface area is 189 Å². The predicted molar refractivity (Wildman–Crippen MR) is 118 cm³/mol. The first-order valence-electron chi connectivity index (χ1n) is 11.0. The van der Waals surface area contributed by atoms with Gasteiger partial charge in [-0.05, 0) is 49.4 Å². The number of aliphatic hydroxyl groups excluding tert-OH is 1. The fourth-order valence-electron chi connectivity index (χ4n) is 4.52. The number of nitrogens with zero attached hydrogens (tertiary/aromatic N) is 1. The molecule has 0 saturated carbocycles. The second kappa shape index (κ2) is 9.43. The van der Waals surface area contributed by atoms with Crippen LogP contribution in [0.1, 0.15) is 30.4 Å². The molecule has 0 spiro atoms. The predicted octanol–water partition coefficient (Wildman–Crippen LogP) is 3.35. The zero-order valence-corrected chi connectivity index (χ0v) is 17.9. The highest BCUT2D eigenvalue weighted by atomic mass is 19.4. The third-order valence-electron chi connectivity index (χ3n) is 6.25. The summed E-state index contributed by atoms with van der Waals surface area (Å²) in [5.74, 6) is -2.86. The van der Waals surface area contributed by atoms with E-state index in [0.717, 1.165) is 24.5 Å². The van der Waals surface area contributed by atoms with Crippen LogP contribution in [0.25, 0.3) is 0 Å². The number of amides is 2. The molecule has 176 valence electrons. The smallest absolute Gasteiger partial charge is 0.390 e. The van der Waals surface area contributed by atoms with Crippen LogP contribution in [0.2, 0.25) is 0 Å². The highest BCUT2D eigenvalue weighted by Crippen LogP contribution is 2.39. The Bertz CT molecular complexity index is 1010. The maximum atomic E-state index is 13.7. The number of alkyl halides is 3. The molecular weight excluding hydrogens is 435 g/mol. The number of aliphatic hydroxyl groups is 1. The van der Waals surface area contributed by atoms with Crippen LogP contribution >= 0.6 is 0 Å². The molecule has 0 aromatic heterocycles. The van der Waals surface area contributed by atoms with Gasteiger partial charge in [-0.25, -0.2) is 0 Å². The Balaban J connectivity index is 1.45. The van der Waals surface area contributed by atoms with Gasteiger partial charge in [0, 0.05) is 24.5 Å². The van der Waals surface area contributed by atoms with Crippen molar-refractivity contribution in [2.24, 2.45) is 5.92 Å². The molecule has 2 amide bonds. The molecule has 2 aromatic carbocycles. The van der Waals surface area contributed by atoms with Crippen LogP contribution < -0.4 is 15.5 Å². The number of benzene rings is 2. The van der Waals surface area contributed by atoms with Gasteiger partial charge in [0.1, 0.15) is 5.92 Å². The number of halogens is 3.